The van der Waals surface area contributed by atoms with Gasteiger partial charge in [0.2, 0.25) is 0 Å². The van der Waals surface area contributed by atoms with E-state index in [9.17, 15) is 44.0 Å². The number of halogens is 4. The van der Waals surface area contributed by atoms with Gasteiger partial charge in [0.25, 0.3) is 0 Å². The lowest BCUT2D eigenvalue weighted by Gasteiger charge is -2.39. The highest BCUT2D eigenvalue weighted by Gasteiger charge is 2.65. The highest BCUT2D eigenvalue weighted by atomic mass is 32.3. The molecule has 0 spiro atoms. The fraction of sp³-hybridized carbons (Fsp3) is 0.905. The molecule has 206 valence electrons. The number of amides is 2. The molecule has 0 saturated heterocycles. The molecule has 0 aliphatic heterocycles. The molecule has 0 aromatic carbocycles. The summed E-state index contributed by atoms with van der Waals surface area (Å²) in [6.07, 6.45) is 4.32. The number of carbonyl (C=O) groups excluding carboxylic acids is 2. The Labute approximate surface area is 207 Å². The summed E-state index contributed by atoms with van der Waals surface area (Å²) in [5.74, 6) is -4.44. The summed E-state index contributed by atoms with van der Waals surface area (Å²) >= 11 is 0. The fourth-order valence-corrected chi connectivity index (χ4v) is 9.43. The van der Waals surface area contributed by atoms with E-state index in [1.165, 1.54) is 0 Å². The third kappa shape index (κ3) is 3.94. The van der Waals surface area contributed by atoms with E-state index >= 15 is 0 Å². The highest BCUT2D eigenvalue weighted by molar-refractivity contribution is 8.06. The smallest absolute Gasteiger partial charge is 0.347 e. The molecule has 4 aliphatic carbocycles. The lowest BCUT2D eigenvalue weighted by atomic mass is 9.69. The van der Waals surface area contributed by atoms with Gasteiger partial charge in [-0.1, -0.05) is 31.3 Å². The molecule has 0 heterocycles. The zero-order valence-electron chi connectivity index (χ0n) is 20.1. The molecule has 0 radical (unpaired) electrons. The normalized spacial score (nSPS) is 35.7. The Kier molecular flexibility index (Phi) is 6.32. The van der Waals surface area contributed by atoms with Gasteiger partial charge in [0, 0.05) is 12.1 Å². The molecule has 4 saturated carbocycles. The van der Waals surface area contributed by atoms with Crippen molar-refractivity contribution in [2.24, 2.45) is 28.6 Å². The molecule has 9 nitrogen and oxygen atoms in total. The van der Waals surface area contributed by atoms with Crippen molar-refractivity contribution in [3.05, 3.63) is 0 Å². The first-order valence-corrected chi connectivity index (χ1v) is 14.9. The van der Waals surface area contributed by atoms with Crippen molar-refractivity contribution < 1.29 is 44.0 Å². The third-order valence-electron chi connectivity index (χ3n) is 9.58. The van der Waals surface area contributed by atoms with E-state index in [1.807, 2.05) is 24.5 Å². The van der Waals surface area contributed by atoms with Gasteiger partial charge in [-0.25, -0.2) is 16.8 Å². The van der Waals surface area contributed by atoms with E-state index < -0.39 is 59.9 Å². The standard InChI is InChI=1S/C21H31F4N3O6S2/c1-18(2)13-6-7-19(18,3)15(10-13)27-17(30)21(24,25)36(33,34)28-35(31,32)20(22,23)16(29)26-14-9-11-4-5-12(14)8-11/h11-15,28H,4-10H2,1-3H3,(H,26,29)(H,27,30). The summed E-state index contributed by atoms with van der Waals surface area (Å²) in [5.41, 5.74) is -0.938. The summed E-state index contributed by atoms with van der Waals surface area (Å²) in [5, 5.41) is -6.88. The van der Waals surface area contributed by atoms with Crippen LogP contribution in [0.5, 0.6) is 0 Å². The van der Waals surface area contributed by atoms with Crippen LogP contribution >= 0.6 is 0 Å². The van der Waals surface area contributed by atoms with Crippen LogP contribution in [-0.4, -0.2) is 51.2 Å². The SMILES string of the molecule is CC1(C)C2CCC1(C)C(NC(=O)C(F)(F)S(=O)(=O)NS(=O)(=O)C(F)(F)C(=O)NC1CC3CCC1C3)C2. The Balaban J connectivity index is 1.46. The van der Waals surface area contributed by atoms with E-state index in [1.54, 1.807) is 6.92 Å². The molecular formula is C21H31F4N3O6S2. The minimum atomic E-state index is -6.52. The fourth-order valence-electron chi connectivity index (χ4n) is 6.83. The number of alkyl halides is 4. The second-order valence-electron chi connectivity index (χ2n) is 11.5. The van der Waals surface area contributed by atoms with Crippen molar-refractivity contribution in [3.8, 4) is 0 Å². The molecule has 0 aromatic rings. The molecule has 15 heteroatoms. The first kappa shape index (κ1) is 27.6. The maximum absolute atomic E-state index is 14.7. The first-order chi connectivity index (χ1) is 16.3. The van der Waals surface area contributed by atoms with E-state index in [0.717, 1.165) is 12.8 Å². The quantitative estimate of drug-likeness (QED) is 0.388. The van der Waals surface area contributed by atoms with Gasteiger partial charge < -0.3 is 10.6 Å². The summed E-state index contributed by atoms with van der Waals surface area (Å²) in [6.45, 7) is 5.63. The Morgan fingerprint density at radius 2 is 1.36 bits per heavy atom. The number of carbonyl (C=O) groups is 2. The zero-order chi connectivity index (χ0) is 27.1. The van der Waals surface area contributed by atoms with Gasteiger partial charge in [0.1, 0.15) is 0 Å². The van der Waals surface area contributed by atoms with Gasteiger partial charge >= 0.3 is 42.4 Å². The molecule has 4 fully saturated rings. The lowest BCUT2D eigenvalue weighted by molar-refractivity contribution is -0.137. The van der Waals surface area contributed by atoms with E-state index in [2.05, 4.69) is 0 Å². The zero-order valence-corrected chi connectivity index (χ0v) is 21.7. The van der Waals surface area contributed by atoms with E-state index in [-0.39, 0.29) is 27.3 Å². The van der Waals surface area contributed by atoms with Gasteiger partial charge in [-0.3, -0.25) is 9.59 Å². The Bertz CT molecular complexity index is 1180. The van der Waals surface area contributed by atoms with E-state index in [4.69, 9.17) is 0 Å². The number of nitrogens with one attached hydrogen (secondary N) is 3. The van der Waals surface area contributed by atoms with Crippen LogP contribution < -0.4 is 14.8 Å². The molecule has 36 heavy (non-hydrogen) atoms. The third-order valence-corrected chi connectivity index (χ3v) is 13.1. The van der Waals surface area contributed by atoms with Crippen LogP contribution in [0.2, 0.25) is 0 Å². The number of sulfonamides is 2. The van der Waals surface area contributed by atoms with Crippen molar-refractivity contribution in [1.82, 2.24) is 14.8 Å². The van der Waals surface area contributed by atoms with Crippen LogP contribution in [0.25, 0.3) is 0 Å². The van der Waals surface area contributed by atoms with Crippen molar-refractivity contribution in [2.75, 3.05) is 0 Å². The van der Waals surface area contributed by atoms with Gasteiger partial charge in [-0.2, -0.15) is 17.6 Å². The molecule has 2 amide bonds. The first-order valence-electron chi connectivity index (χ1n) is 11.9. The van der Waals surface area contributed by atoms with Gasteiger partial charge in [0.15, 0.2) is 0 Å². The highest BCUT2D eigenvalue weighted by Crippen LogP contribution is 2.65. The Morgan fingerprint density at radius 3 is 1.78 bits per heavy atom. The Hall–Kier alpha value is -1.48. The topological polar surface area (TPSA) is 139 Å². The number of hydrogen-bond acceptors (Lipinski definition) is 6. The predicted molar refractivity (Wildman–Crippen MR) is 119 cm³/mol. The van der Waals surface area contributed by atoms with Crippen molar-refractivity contribution in [1.29, 1.82) is 0 Å². The average Bonchev–Trinajstić information content (AvgIpc) is 3.45. The van der Waals surface area contributed by atoms with Gasteiger partial charge in [-0.15, -0.1) is 0 Å². The monoisotopic (exact) mass is 561 g/mol. The van der Waals surface area contributed by atoms with Crippen LogP contribution in [0.1, 0.15) is 65.7 Å². The second kappa shape index (κ2) is 8.26. The van der Waals surface area contributed by atoms with Crippen LogP contribution in [0, 0.1) is 28.6 Å². The largest absolute Gasteiger partial charge is 0.436 e. The van der Waals surface area contributed by atoms with Crippen LogP contribution in [0.3, 0.4) is 0 Å². The lowest BCUT2D eigenvalue weighted by Crippen LogP contribution is -2.60. The summed E-state index contributed by atoms with van der Waals surface area (Å²) in [6, 6.07) is -1.53. The molecule has 0 aromatic heterocycles. The maximum Gasteiger partial charge on any atom is 0.436 e. The predicted octanol–water partition coefficient (Wildman–Crippen LogP) is 2.06. The van der Waals surface area contributed by atoms with Crippen molar-refractivity contribution >= 4 is 31.9 Å². The minimum absolute atomic E-state index is 0.101. The van der Waals surface area contributed by atoms with Gasteiger partial charge in [0.05, 0.1) is 0 Å². The number of rotatable bonds is 8. The number of hydrogen-bond donors (Lipinski definition) is 3. The molecule has 4 aliphatic rings. The molecule has 6 unspecified atom stereocenters. The molecule has 6 atom stereocenters. The van der Waals surface area contributed by atoms with Gasteiger partial charge in [-0.05, 0) is 67.1 Å². The maximum atomic E-state index is 14.7. The summed E-state index contributed by atoms with van der Waals surface area (Å²) in [7, 11) is -13.0. The van der Waals surface area contributed by atoms with Crippen molar-refractivity contribution in [3.63, 3.8) is 0 Å². The minimum Gasteiger partial charge on any atom is -0.347 e. The van der Waals surface area contributed by atoms with Crippen LogP contribution in [0.15, 0.2) is 0 Å². The van der Waals surface area contributed by atoms with E-state index in [0.29, 0.717) is 32.1 Å². The molecular weight excluding hydrogens is 530 g/mol. The summed E-state index contributed by atoms with van der Waals surface area (Å²) < 4.78 is 107. The van der Waals surface area contributed by atoms with Crippen molar-refractivity contribution in [2.45, 2.75) is 88.3 Å². The average molecular weight is 562 g/mol. The molecule has 4 bridgehead atoms. The summed E-state index contributed by atoms with van der Waals surface area (Å²) in [4.78, 5) is 24.4. The molecule has 3 N–H and O–H groups in total. The van der Waals surface area contributed by atoms with Crippen LogP contribution in [0.4, 0.5) is 17.6 Å². The molecule has 4 rings (SSSR count). The Morgan fingerprint density at radius 1 is 0.806 bits per heavy atom. The second-order valence-corrected chi connectivity index (χ2v) is 15.2. The van der Waals surface area contributed by atoms with Crippen LogP contribution in [-0.2, 0) is 29.6 Å². The number of fused-ring (bicyclic) bond motifs is 4.